The molecule has 1 N–H and O–H groups in total. The lowest BCUT2D eigenvalue weighted by Crippen LogP contribution is -2.09. The highest BCUT2D eigenvalue weighted by Gasteiger charge is 2.00. The van der Waals surface area contributed by atoms with Crippen molar-refractivity contribution >= 4 is 5.69 Å². The summed E-state index contributed by atoms with van der Waals surface area (Å²) in [4.78, 5) is 0. The SMILES string of the molecule is c1ccc(CCOc2ccc(NCc3ccc(OCCOc4ccccc4)cc3)cc2)cc1. The summed E-state index contributed by atoms with van der Waals surface area (Å²) in [5, 5.41) is 3.44. The Morgan fingerprint density at radius 3 is 1.61 bits per heavy atom. The molecular formula is C29H29NO3. The van der Waals surface area contributed by atoms with Crippen LogP contribution in [0.25, 0.3) is 0 Å². The largest absolute Gasteiger partial charge is 0.493 e. The molecule has 0 aliphatic rings. The molecular weight excluding hydrogens is 410 g/mol. The van der Waals surface area contributed by atoms with Crippen molar-refractivity contribution in [3.05, 3.63) is 120 Å². The smallest absolute Gasteiger partial charge is 0.122 e. The first-order valence-corrected chi connectivity index (χ1v) is 11.3. The van der Waals surface area contributed by atoms with E-state index in [0.29, 0.717) is 19.8 Å². The van der Waals surface area contributed by atoms with Crippen LogP contribution in [0.4, 0.5) is 5.69 Å². The first kappa shape index (κ1) is 22.3. The molecule has 0 amide bonds. The van der Waals surface area contributed by atoms with Crippen LogP contribution < -0.4 is 19.5 Å². The lowest BCUT2D eigenvalue weighted by molar-refractivity contribution is 0.217. The normalized spacial score (nSPS) is 10.4. The van der Waals surface area contributed by atoms with Crippen LogP contribution in [-0.2, 0) is 13.0 Å². The van der Waals surface area contributed by atoms with Gasteiger partial charge in [0.1, 0.15) is 30.5 Å². The Morgan fingerprint density at radius 1 is 0.455 bits per heavy atom. The molecule has 0 saturated heterocycles. The lowest BCUT2D eigenvalue weighted by Gasteiger charge is -2.11. The summed E-state index contributed by atoms with van der Waals surface area (Å²) >= 11 is 0. The van der Waals surface area contributed by atoms with Gasteiger partial charge in [0, 0.05) is 18.7 Å². The molecule has 0 spiro atoms. The second-order valence-corrected chi connectivity index (χ2v) is 7.62. The molecule has 0 bridgehead atoms. The Hall–Kier alpha value is -3.92. The van der Waals surface area contributed by atoms with Gasteiger partial charge in [-0.25, -0.2) is 0 Å². The lowest BCUT2D eigenvalue weighted by atomic mass is 10.2. The van der Waals surface area contributed by atoms with Gasteiger partial charge >= 0.3 is 0 Å². The van der Waals surface area contributed by atoms with Gasteiger partial charge in [0.2, 0.25) is 0 Å². The molecule has 0 atom stereocenters. The van der Waals surface area contributed by atoms with Gasteiger partial charge in [-0.3, -0.25) is 0 Å². The molecule has 0 fully saturated rings. The van der Waals surface area contributed by atoms with E-state index in [0.717, 1.165) is 35.9 Å². The summed E-state index contributed by atoms with van der Waals surface area (Å²) in [6.07, 6.45) is 0.903. The van der Waals surface area contributed by atoms with Crippen LogP contribution in [0.15, 0.2) is 109 Å². The molecule has 0 aromatic heterocycles. The van der Waals surface area contributed by atoms with Crippen LogP contribution in [0, 0.1) is 0 Å². The van der Waals surface area contributed by atoms with Crippen molar-refractivity contribution in [3.8, 4) is 17.2 Å². The summed E-state index contributed by atoms with van der Waals surface area (Å²) in [5.74, 6) is 2.58. The molecule has 4 aromatic rings. The number of nitrogens with one attached hydrogen (secondary N) is 1. The van der Waals surface area contributed by atoms with Gasteiger partial charge < -0.3 is 19.5 Å². The van der Waals surface area contributed by atoms with Gasteiger partial charge in [-0.05, 0) is 59.7 Å². The number of rotatable bonds is 12. The summed E-state index contributed by atoms with van der Waals surface area (Å²) in [5.41, 5.74) is 3.53. The summed E-state index contributed by atoms with van der Waals surface area (Å²) in [7, 11) is 0. The Balaban J connectivity index is 1.14. The van der Waals surface area contributed by atoms with Gasteiger partial charge in [-0.1, -0.05) is 60.7 Å². The van der Waals surface area contributed by atoms with Crippen LogP contribution in [0.1, 0.15) is 11.1 Å². The number of para-hydroxylation sites is 1. The maximum absolute atomic E-state index is 5.86. The van der Waals surface area contributed by atoms with E-state index in [2.05, 4.69) is 41.7 Å². The first-order chi connectivity index (χ1) is 16.3. The summed E-state index contributed by atoms with van der Waals surface area (Å²) < 4.78 is 17.3. The van der Waals surface area contributed by atoms with E-state index in [1.807, 2.05) is 72.8 Å². The second-order valence-electron chi connectivity index (χ2n) is 7.62. The molecule has 0 aliphatic carbocycles. The Kier molecular flexibility index (Phi) is 8.24. The highest BCUT2D eigenvalue weighted by Crippen LogP contribution is 2.18. The van der Waals surface area contributed by atoms with Crippen LogP contribution in [0.3, 0.4) is 0 Å². The van der Waals surface area contributed by atoms with E-state index in [-0.39, 0.29) is 0 Å². The summed E-state index contributed by atoms with van der Waals surface area (Å²) in [6.45, 7) is 2.43. The molecule has 0 saturated carbocycles. The molecule has 0 aliphatic heterocycles. The van der Waals surface area contributed by atoms with E-state index < -0.39 is 0 Å². The Morgan fingerprint density at radius 2 is 0.970 bits per heavy atom. The van der Waals surface area contributed by atoms with E-state index in [9.17, 15) is 0 Å². The van der Waals surface area contributed by atoms with E-state index >= 15 is 0 Å². The quantitative estimate of drug-likeness (QED) is 0.260. The van der Waals surface area contributed by atoms with Gasteiger partial charge in [0.25, 0.3) is 0 Å². The Labute approximate surface area is 195 Å². The highest BCUT2D eigenvalue weighted by atomic mass is 16.5. The number of ether oxygens (including phenoxy) is 3. The van der Waals surface area contributed by atoms with Crippen molar-refractivity contribution in [1.29, 1.82) is 0 Å². The van der Waals surface area contributed by atoms with Crippen LogP contribution >= 0.6 is 0 Å². The van der Waals surface area contributed by atoms with Gasteiger partial charge in [-0.2, -0.15) is 0 Å². The van der Waals surface area contributed by atoms with Gasteiger partial charge in [0.15, 0.2) is 0 Å². The Bertz CT molecular complexity index is 1070. The van der Waals surface area contributed by atoms with Gasteiger partial charge in [-0.15, -0.1) is 0 Å². The molecule has 0 unspecified atom stereocenters. The minimum atomic E-state index is 0.506. The third-order valence-electron chi connectivity index (χ3n) is 5.14. The van der Waals surface area contributed by atoms with Crippen molar-refractivity contribution < 1.29 is 14.2 Å². The first-order valence-electron chi connectivity index (χ1n) is 11.3. The zero-order valence-corrected chi connectivity index (χ0v) is 18.7. The molecule has 4 rings (SSSR count). The third-order valence-corrected chi connectivity index (χ3v) is 5.14. The predicted molar refractivity (Wildman–Crippen MR) is 133 cm³/mol. The van der Waals surface area contributed by atoms with Crippen LogP contribution in [0.2, 0.25) is 0 Å². The fourth-order valence-electron chi connectivity index (χ4n) is 3.34. The van der Waals surface area contributed by atoms with Crippen molar-refractivity contribution in [3.63, 3.8) is 0 Å². The number of hydrogen-bond donors (Lipinski definition) is 1. The van der Waals surface area contributed by atoms with Gasteiger partial charge in [0.05, 0.1) is 6.61 Å². The molecule has 4 heteroatoms. The zero-order valence-electron chi connectivity index (χ0n) is 18.7. The molecule has 33 heavy (non-hydrogen) atoms. The van der Waals surface area contributed by atoms with Crippen LogP contribution in [-0.4, -0.2) is 19.8 Å². The fraction of sp³-hybridized carbons (Fsp3) is 0.172. The van der Waals surface area contributed by atoms with Crippen LogP contribution in [0.5, 0.6) is 17.2 Å². The monoisotopic (exact) mass is 439 g/mol. The maximum atomic E-state index is 5.86. The number of benzene rings is 4. The van der Waals surface area contributed by atoms with E-state index in [1.165, 1.54) is 11.1 Å². The summed E-state index contributed by atoms with van der Waals surface area (Å²) in [6, 6.07) is 36.4. The minimum absolute atomic E-state index is 0.506. The molecule has 0 radical (unpaired) electrons. The maximum Gasteiger partial charge on any atom is 0.122 e. The minimum Gasteiger partial charge on any atom is -0.493 e. The molecule has 4 aromatic carbocycles. The average Bonchev–Trinajstić information content (AvgIpc) is 2.88. The second kappa shape index (κ2) is 12.2. The van der Waals surface area contributed by atoms with Crippen molar-refractivity contribution in [2.24, 2.45) is 0 Å². The van der Waals surface area contributed by atoms with Crippen molar-refractivity contribution in [2.75, 3.05) is 25.1 Å². The molecule has 168 valence electrons. The number of hydrogen-bond acceptors (Lipinski definition) is 4. The average molecular weight is 440 g/mol. The fourth-order valence-corrected chi connectivity index (χ4v) is 3.34. The van der Waals surface area contributed by atoms with E-state index in [1.54, 1.807) is 0 Å². The molecule has 0 heterocycles. The molecule has 4 nitrogen and oxygen atoms in total. The van der Waals surface area contributed by atoms with Crippen molar-refractivity contribution in [1.82, 2.24) is 0 Å². The predicted octanol–water partition coefficient (Wildman–Crippen LogP) is 6.38. The zero-order chi connectivity index (χ0) is 22.6. The topological polar surface area (TPSA) is 39.7 Å². The van der Waals surface area contributed by atoms with E-state index in [4.69, 9.17) is 14.2 Å². The highest BCUT2D eigenvalue weighted by molar-refractivity contribution is 5.47. The third kappa shape index (κ3) is 7.62. The standard InChI is InChI=1S/C29H29NO3/c1-3-7-24(8-4-1)19-20-31-29-17-13-26(14-18-29)30-23-25-11-15-28(16-12-25)33-22-21-32-27-9-5-2-6-10-27/h1-18,30H,19-23H2. The van der Waals surface area contributed by atoms with Crippen molar-refractivity contribution in [2.45, 2.75) is 13.0 Å². The number of anilines is 1.